The third-order valence-electron chi connectivity index (χ3n) is 2.28. The van der Waals surface area contributed by atoms with Crippen LogP contribution in [0.2, 0.25) is 5.02 Å². The molecule has 0 fully saturated rings. The minimum Gasteiger partial charge on any atom is -0.364 e. The number of rotatable bonds is 2. The number of amides is 1. The number of nitrogens with zero attached hydrogens (tertiary/aromatic N) is 3. The number of primary amides is 1. The first kappa shape index (κ1) is 11.5. The maximum atomic E-state index is 13.0. The molecule has 2 rings (SSSR count). The third-order valence-corrected chi connectivity index (χ3v) is 2.57. The van der Waals surface area contributed by atoms with E-state index in [-0.39, 0.29) is 10.7 Å². The van der Waals surface area contributed by atoms with E-state index in [0.717, 1.165) is 0 Å². The minimum absolute atomic E-state index is 0.0296. The van der Waals surface area contributed by atoms with Gasteiger partial charge in [-0.15, -0.1) is 5.10 Å². The van der Waals surface area contributed by atoms with Gasteiger partial charge in [-0.3, -0.25) is 4.79 Å². The lowest BCUT2D eigenvalue weighted by Gasteiger charge is -2.04. The van der Waals surface area contributed by atoms with Gasteiger partial charge < -0.3 is 5.73 Å². The Hall–Kier alpha value is -1.95. The summed E-state index contributed by atoms with van der Waals surface area (Å²) in [4.78, 5) is 11.0. The zero-order chi connectivity index (χ0) is 12.6. The number of aromatic nitrogens is 3. The van der Waals surface area contributed by atoms with Gasteiger partial charge in [0.1, 0.15) is 5.82 Å². The molecule has 5 nitrogen and oxygen atoms in total. The van der Waals surface area contributed by atoms with E-state index in [4.69, 9.17) is 17.3 Å². The van der Waals surface area contributed by atoms with Crippen LogP contribution in [0.4, 0.5) is 4.39 Å². The van der Waals surface area contributed by atoms with E-state index in [9.17, 15) is 9.18 Å². The number of benzene rings is 1. The van der Waals surface area contributed by atoms with Gasteiger partial charge in [-0.05, 0) is 25.1 Å². The monoisotopic (exact) mass is 254 g/mol. The first-order valence-electron chi connectivity index (χ1n) is 4.68. The maximum Gasteiger partial charge on any atom is 0.271 e. The predicted molar refractivity (Wildman–Crippen MR) is 59.6 cm³/mol. The Bertz CT molecular complexity index is 596. The predicted octanol–water partition coefficient (Wildman–Crippen LogP) is 1.47. The van der Waals surface area contributed by atoms with Crippen molar-refractivity contribution < 1.29 is 9.18 Å². The molecule has 2 aromatic rings. The Morgan fingerprint density at radius 3 is 2.76 bits per heavy atom. The molecule has 17 heavy (non-hydrogen) atoms. The van der Waals surface area contributed by atoms with Crippen LogP contribution in [-0.4, -0.2) is 20.9 Å². The van der Waals surface area contributed by atoms with Crippen LogP contribution in [-0.2, 0) is 0 Å². The molecule has 7 heteroatoms. The average Bonchev–Trinajstić information content (AvgIpc) is 2.64. The first-order valence-corrected chi connectivity index (χ1v) is 5.06. The van der Waals surface area contributed by atoms with Crippen LogP contribution in [0.1, 0.15) is 16.2 Å². The van der Waals surface area contributed by atoms with Crippen molar-refractivity contribution in [3.8, 4) is 5.69 Å². The van der Waals surface area contributed by atoms with E-state index in [1.165, 1.54) is 22.9 Å². The van der Waals surface area contributed by atoms with Crippen molar-refractivity contribution in [3.63, 3.8) is 0 Å². The summed E-state index contributed by atoms with van der Waals surface area (Å²) in [6.45, 7) is 1.64. The molecule has 2 N–H and O–H groups in total. The molecule has 0 bridgehead atoms. The molecule has 88 valence electrons. The van der Waals surface area contributed by atoms with Gasteiger partial charge in [-0.2, -0.15) is 0 Å². The zero-order valence-electron chi connectivity index (χ0n) is 8.82. The van der Waals surface area contributed by atoms with Crippen LogP contribution in [0.5, 0.6) is 0 Å². The molecule has 0 aliphatic carbocycles. The second-order valence-electron chi connectivity index (χ2n) is 3.40. The van der Waals surface area contributed by atoms with Gasteiger partial charge in [0.25, 0.3) is 5.91 Å². The van der Waals surface area contributed by atoms with Crippen molar-refractivity contribution in [2.75, 3.05) is 0 Å². The van der Waals surface area contributed by atoms with E-state index < -0.39 is 11.7 Å². The summed E-state index contributed by atoms with van der Waals surface area (Å²) in [5.74, 6) is -1.19. The topological polar surface area (TPSA) is 73.8 Å². The van der Waals surface area contributed by atoms with Crippen molar-refractivity contribution in [3.05, 3.63) is 40.4 Å². The average molecular weight is 255 g/mol. The van der Waals surface area contributed by atoms with E-state index in [1.807, 2.05) is 0 Å². The fourth-order valence-corrected chi connectivity index (χ4v) is 1.59. The molecule has 1 heterocycles. The SMILES string of the molecule is Cc1c(C(N)=O)nnn1-c1ccc(F)c(Cl)c1. The zero-order valence-corrected chi connectivity index (χ0v) is 9.57. The van der Waals surface area contributed by atoms with Crippen LogP contribution >= 0.6 is 11.6 Å². The fourth-order valence-electron chi connectivity index (χ4n) is 1.42. The molecular formula is C10H8ClFN4O. The summed E-state index contributed by atoms with van der Waals surface area (Å²) >= 11 is 5.66. The molecule has 0 unspecified atom stereocenters. The summed E-state index contributed by atoms with van der Waals surface area (Å²) in [6, 6.07) is 4.08. The fraction of sp³-hybridized carbons (Fsp3) is 0.100. The van der Waals surface area contributed by atoms with E-state index in [2.05, 4.69) is 10.3 Å². The molecule has 1 aromatic carbocycles. The largest absolute Gasteiger partial charge is 0.364 e. The summed E-state index contributed by atoms with van der Waals surface area (Å²) < 4.78 is 14.4. The van der Waals surface area contributed by atoms with Crippen LogP contribution in [0, 0.1) is 12.7 Å². The lowest BCUT2D eigenvalue weighted by Crippen LogP contribution is -2.13. The Morgan fingerprint density at radius 1 is 1.53 bits per heavy atom. The molecular weight excluding hydrogens is 247 g/mol. The number of hydrogen-bond donors (Lipinski definition) is 1. The quantitative estimate of drug-likeness (QED) is 0.882. The highest BCUT2D eigenvalue weighted by Gasteiger charge is 2.15. The molecule has 0 spiro atoms. The van der Waals surface area contributed by atoms with Crippen LogP contribution in [0.25, 0.3) is 5.69 Å². The van der Waals surface area contributed by atoms with E-state index >= 15 is 0 Å². The summed E-state index contributed by atoms with van der Waals surface area (Å²) in [6.07, 6.45) is 0. The van der Waals surface area contributed by atoms with E-state index in [0.29, 0.717) is 11.4 Å². The third kappa shape index (κ3) is 1.99. The van der Waals surface area contributed by atoms with Gasteiger partial charge >= 0.3 is 0 Å². The number of hydrogen-bond acceptors (Lipinski definition) is 3. The molecule has 0 radical (unpaired) electrons. The number of nitrogens with two attached hydrogens (primary N) is 1. The first-order chi connectivity index (χ1) is 8.00. The molecule has 0 aliphatic rings. The van der Waals surface area contributed by atoms with Crippen molar-refractivity contribution in [1.82, 2.24) is 15.0 Å². The molecule has 1 aromatic heterocycles. The Morgan fingerprint density at radius 2 is 2.24 bits per heavy atom. The highest BCUT2D eigenvalue weighted by atomic mass is 35.5. The van der Waals surface area contributed by atoms with Gasteiger partial charge in [-0.1, -0.05) is 16.8 Å². The van der Waals surface area contributed by atoms with Crippen LogP contribution < -0.4 is 5.73 Å². The summed E-state index contributed by atoms with van der Waals surface area (Å²) in [7, 11) is 0. The smallest absolute Gasteiger partial charge is 0.271 e. The lowest BCUT2D eigenvalue weighted by atomic mass is 10.3. The lowest BCUT2D eigenvalue weighted by molar-refractivity contribution is 0.0995. The molecule has 0 atom stereocenters. The van der Waals surface area contributed by atoms with Crippen molar-refractivity contribution >= 4 is 17.5 Å². The molecule has 1 amide bonds. The number of carbonyl (C=O) groups excluding carboxylic acids is 1. The van der Waals surface area contributed by atoms with Crippen LogP contribution in [0.15, 0.2) is 18.2 Å². The van der Waals surface area contributed by atoms with Gasteiger partial charge in [0, 0.05) is 0 Å². The Kier molecular flexibility index (Phi) is 2.81. The maximum absolute atomic E-state index is 13.0. The summed E-state index contributed by atoms with van der Waals surface area (Å²) in [5.41, 5.74) is 6.17. The van der Waals surface area contributed by atoms with E-state index in [1.54, 1.807) is 6.92 Å². The Balaban J connectivity index is 2.53. The number of carbonyl (C=O) groups is 1. The Labute approximate surface area is 101 Å². The van der Waals surface area contributed by atoms with Gasteiger partial charge in [-0.25, -0.2) is 9.07 Å². The standard InChI is InChI=1S/C10H8ClFN4O/c1-5-9(10(13)17)14-15-16(5)6-2-3-8(12)7(11)4-6/h2-4H,1H3,(H2,13,17). The van der Waals surface area contributed by atoms with Crippen LogP contribution in [0.3, 0.4) is 0 Å². The van der Waals surface area contributed by atoms with Crippen molar-refractivity contribution in [2.24, 2.45) is 5.73 Å². The molecule has 0 saturated heterocycles. The second-order valence-corrected chi connectivity index (χ2v) is 3.81. The molecule has 0 saturated carbocycles. The van der Waals surface area contributed by atoms with Crippen molar-refractivity contribution in [2.45, 2.75) is 6.92 Å². The number of halogens is 2. The van der Waals surface area contributed by atoms with Gasteiger partial charge in [0.2, 0.25) is 0 Å². The minimum atomic E-state index is -0.665. The van der Waals surface area contributed by atoms with Crippen molar-refractivity contribution in [1.29, 1.82) is 0 Å². The normalized spacial score (nSPS) is 10.5. The highest BCUT2D eigenvalue weighted by molar-refractivity contribution is 6.30. The van der Waals surface area contributed by atoms with Gasteiger partial charge in [0.15, 0.2) is 5.69 Å². The second kappa shape index (κ2) is 4.14. The molecule has 0 aliphatic heterocycles. The van der Waals surface area contributed by atoms with Gasteiger partial charge in [0.05, 0.1) is 16.4 Å². The highest BCUT2D eigenvalue weighted by Crippen LogP contribution is 2.19. The summed E-state index contributed by atoms with van der Waals surface area (Å²) in [5, 5.41) is 7.38.